The molecule has 3 rings (SSSR count). The minimum atomic E-state index is -0.375. The predicted octanol–water partition coefficient (Wildman–Crippen LogP) is 3.07. The maximum absolute atomic E-state index is 12.6. The van der Waals surface area contributed by atoms with E-state index in [1.807, 2.05) is 56.9 Å². The molecule has 1 aliphatic rings. The second-order valence-corrected chi connectivity index (χ2v) is 9.08. The molecule has 1 aromatic heterocycles. The quantitative estimate of drug-likeness (QED) is 0.752. The van der Waals surface area contributed by atoms with Crippen LogP contribution in [0.2, 0.25) is 0 Å². The standard InChI is InChI=1S/C21H29N5O2S/c1-14-5-7-15(8-6-14)18-23-24-20(29)26(18)13-17(27)22-16-9-11-25(12-10-16)19(28)21(2,3)4/h5-8,16H,9-13H2,1-4H3,(H,22,27)(H,24,29). The molecule has 0 unspecified atom stereocenters. The van der Waals surface area contributed by atoms with Crippen LogP contribution in [0.15, 0.2) is 24.3 Å². The van der Waals surface area contributed by atoms with Crippen molar-refractivity contribution in [2.45, 2.75) is 53.1 Å². The van der Waals surface area contributed by atoms with Crippen molar-refractivity contribution in [1.29, 1.82) is 0 Å². The van der Waals surface area contributed by atoms with Gasteiger partial charge in [-0.3, -0.25) is 19.3 Å². The van der Waals surface area contributed by atoms with Crippen LogP contribution < -0.4 is 5.32 Å². The number of likely N-dealkylation sites (tertiary alicyclic amines) is 1. The van der Waals surface area contributed by atoms with Gasteiger partial charge >= 0.3 is 0 Å². The maximum Gasteiger partial charge on any atom is 0.240 e. The Morgan fingerprint density at radius 1 is 1.21 bits per heavy atom. The summed E-state index contributed by atoms with van der Waals surface area (Å²) in [5.74, 6) is 0.710. The number of aryl methyl sites for hydroxylation is 1. The van der Waals surface area contributed by atoms with Gasteiger partial charge in [0.15, 0.2) is 10.6 Å². The fraction of sp³-hybridized carbons (Fsp3) is 0.524. The van der Waals surface area contributed by atoms with Crippen LogP contribution in [0.3, 0.4) is 0 Å². The first-order valence-electron chi connectivity index (χ1n) is 9.96. The molecule has 2 amide bonds. The summed E-state index contributed by atoms with van der Waals surface area (Å²) in [6, 6.07) is 8.01. The van der Waals surface area contributed by atoms with Gasteiger partial charge in [0.25, 0.3) is 0 Å². The predicted molar refractivity (Wildman–Crippen MR) is 115 cm³/mol. The fourth-order valence-electron chi connectivity index (χ4n) is 3.51. The molecule has 0 radical (unpaired) electrons. The zero-order chi connectivity index (χ0) is 21.2. The number of carbonyl (C=O) groups is 2. The van der Waals surface area contributed by atoms with Crippen LogP contribution in [0, 0.1) is 17.1 Å². The second kappa shape index (κ2) is 8.49. The van der Waals surface area contributed by atoms with Crippen molar-refractivity contribution in [2.75, 3.05) is 13.1 Å². The maximum atomic E-state index is 12.6. The summed E-state index contributed by atoms with van der Waals surface area (Å²) in [5.41, 5.74) is 1.69. The molecule has 1 aromatic carbocycles. The summed E-state index contributed by atoms with van der Waals surface area (Å²) in [7, 11) is 0. The van der Waals surface area contributed by atoms with Gasteiger partial charge in [0.05, 0.1) is 0 Å². The number of carbonyl (C=O) groups excluding carboxylic acids is 2. The molecule has 156 valence electrons. The average molecular weight is 416 g/mol. The first-order valence-corrected chi connectivity index (χ1v) is 10.4. The molecule has 29 heavy (non-hydrogen) atoms. The molecule has 7 nitrogen and oxygen atoms in total. The van der Waals surface area contributed by atoms with Crippen molar-refractivity contribution in [1.82, 2.24) is 25.0 Å². The second-order valence-electron chi connectivity index (χ2n) is 8.69. The Hall–Kier alpha value is -2.48. The van der Waals surface area contributed by atoms with E-state index in [0.717, 1.165) is 24.0 Å². The molecule has 0 spiro atoms. The summed E-state index contributed by atoms with van der Waals surface area (Å²) < 4.78 is 2.13. The number of hydrogen-bond donors (Lipinski definition) is 2. The highest BCUT2D eigenvalue weighted by Gasteiger charge is 2.30. The van der Waals surface area contributed by atoms with E-state index in [9.17, 15) is 9.59 Å². The van der Waals surface area contributed by atoms with E-state index >= 15 is 0 Å². The van der Waals surface area contributed by atoms with Gasteiger partial charge in [-0.2, -0.15) is 5.10 Å². The number of benzene rings is 1. The number of H-pyrrole nitrogens is 1. The molecule has 2 aromatic rings. The zero-order valence-corrected chi connectivity index (χ0v) is 18.3. The van der Waals surface area contributed by atoms with Crippen LogP contribution in [0.5, 0.6) is 0 Å². The van der Waals surface area contributed by atoms with Crippen molar-refractivity contribution in [3.05, 3.63) is 34.6 Å². The van der Waals surface area contributed by atoms with E-state index in [1.165, 1.54) is 0 Å². The van der Waals surface area contributed by atoms with Gasteiger partial charge in [0.1, 0.15) is 6.54 Å². The number of amides is 2. The number of piperidine rings is 1. The minimum absolute atomic E-state index is 0.0652. The number of hydrogen-bond acceptors (Lipinski definition) is 4. The van der Waals surface area contributed by atoms with Gasteiger partial charge in [-0.15, -0.1) is 0 Å². The Bertz CT molecular complexity index is 931. The molecular formula is C21H29N5O2S. The Kier molecular flexibility index (Phi) is 6.21. The third kappa shape index (κ3) is 5.12. The number of aromatic amines is 1. The summed E-state index contributed by atoms with van der Waals surface area (Å²) in [6.45, 7) is 9.27. The van der Waals surface area contributed by atoms with Gasteiger partial charge in [-0.1, -0.05) is 50.6 Å². The molecule has 8 heteroatoms. The zero-order valence-electron chi connectivity index (χ0n) is 17.5. The van der Waals surface area contributed by atoms with Crippen LogP contribution in [-0.2, 0) is 16.1 Å². The molecule has 1 fully saturated rings. The summed E-state index contributed by atoms with van der Waals surface area (Å²) in [6.07, 6.45) is 1.52. The highest BCUT2D eigenvalue weighted by Crippen LogP contribution is 2.21. The number of rotatable bonds is 4. The first-order chi connectivity index (χ1) is 13.6. The van der Waals surface area contributed by atoms with E-state index in [-0.39, 0.29) is 29.8 Å². The Morgan fingerprint density at radius 2 is 1.83 bits per heavy atom. The molecule has 0 bridgehead atoms. The normalized spacial score (nSPS) is 15.4. The monoisotopic (exact) mass is 415 g/mol. The van der Waals surface area contributed by atoms with E-state index in [4.69, 9.17) is 12.2 Å². The van der Waals surface area contributed by atoms with E-state index in [1.54, 1.807) is 4.57 Å². The third-order valence-electron chi connectivity index (χ3n) is 5.16. The highest BCUT2D eigenvalue weighted by molar-refractivity contribution is 7.71. The molecule has 0 saturated carbocycles. The molecule has 2 N–H and O–H groups in total. The largest absolute Gasteiger partial charge is 0.352 e. The average Bonchev–Trinajstić information content (AvgIpc) is 3.02. The van der Waals surface area contributed by atoms with E-state index in [2.05, 4.69) is 15.5 Å². The van der Waals surface area contributed by atoms with Crippen LogP contribution in [0.25, 0.3) is 11.4 Å². The van der Waals surface area contributed by atoms with E-state index in [0.29, 0.717) is 23.7 Å². The van der Waals surface area contributed by atoms with Crippen molar-refractivity contribution >= 4 is 24.0 Å². The lowest BCUT2D eigenvalue weighted by Gasteiger charge is -2.36. The number of nitrogens with one attached hydrogen (secondary N) is 2. The van der Waals surface area contributed by atoms with Gasteiger partial charge in [-0.05, 0) is 32.0 Å². The van der Waals surface area contributed by atoms with Crippen LogP contribution in [0.1, 0.15) is 39.2 Å². The topological polar surface area (TPSA) is 83.0 Å². The van der Waals surface area contributed by atoms with Gasteiger partial charge in [-0.25, -0.2) is 0 Å². The Balaban J connectivity index is 1.60. The van der Waals surface area contributed by atoms with Crippen molar-refractivity contribution in [3.63, 3.8) is 0 Å². The summed E-state index contributed by atoms with van der Waals surface area (Å²) >= 11 is 5.32. The Morgan fingerprint density at radius 3 is 2.41 bits per heavy atom. The fourth-order valence-corrected chi connectivity index (χ4v) is 3.70. The lowest BCUT2D eigenvalue weighted by atomic mass is 9.93. The minimum Gasteiger partial charge on any atom is -0.352 e. The van der Waals surface area contributed by atoms with Crippen LogP contribution >= 0.6 is 12.2 Å². The lowest BCUT2D eigenvalue weighted by Crippen LogP contribution is -2.49. The molecule has 0 aliphatic carbocycles. The highest BCUT2D eigenvalue weighted by atomic mass is 32.1. The number of nitrogens with zero attached hydrogens (tertiary/aromatic N) is 3. The molecular weight excluding hydrogens is 386 g/mol. The third-order valence-corrected chi connectivity index (χ3v) is 5.47. The lowest BCUT2D eigenvalue weighted by molar-refractivity contribution is -0.140. The van der Waals surface area contributed by atoms with Crippen LogP contribution in [-0.4, -0.2) is 50.6 Å². The molecule has 2 heterocycles. The Labute approximate surface area is 176 Å². The molecule has 1 saturated heterocycles. The van der Waals surface area contributed by atoms with Gasteiger partial charge in [0.2, 0.25) is 11.8 Å². The smallest absolute Gasteiger partial charge is 0.240 e. The summed E-state index contributed by atoms with van der Waals surface area (Å²) in [4.78, 5) is 26.9. The molecule has 1 aliphatic heterocycles. The molecule has 0 atom stereocenters. The van der Waals surface area contributed by atoms with Gasteiger partial charge < -0.3 is 10.2 Å². The number of aromatic nitrogens is 3. The van der Waals surface area contributed by atoms with Crippen LogP contribution in [0.4, 0.5) is 0 Å². The SMILES string of the molecule is Cc1ccc(-c2n[nH]c(=S)n2CC(=O)NC2CCN(C(=O)C(C)(C)C)CC2)cc1. The van der Waals surface area contributed by atoms with Crippen molar-refractivity contribution < 1.29 is 9.59 Å². The summed E-state index contributed by atoms with van der Waals surface area (Å²) in [5, 5.41) is 10.2. The first kappa shape index (κ1) is 21.2. The van der Waals surface area contributed by atoms with E-state index < -0.39 is 0 Å². The van der Waals surface area contributed by atoms with Gasteiger partial charge in [0, 0.05) is 30.1 Å². The van der Waals surface area contributed by atoms with Crippen molar-refractivity contribution in [2.24, 2.45) is 5.41 Å². The van der Waals surface area contributed by atoms with Crippen molar-refractivity contribution in [3.8, 4) is 11.4 Å².